The number of amides is 2. The molecular formula is C35H49F3N10O4. The normalized spacial score (nSPS) is 15.2. The maximum atomic E-state index is 13.0. The quantitative estimate of drug-likeness (QED) is 0.0629. The van der Waals surface area contributed by atoms with Gasteiger partial charge in [-0.25, -0.2) is 9.98 Å². The number of nitrogens with one attached hydrogen (secondary N) is 4. The summed E-state index contributed by atoms with van der Waals surface area (Å²) in [7, 11) is 5.61. The van der Waals surface area contributed by atoms with Crippen molar-refractivity contribution in [3.05, 3.63) is 59.7 Å². The fraction of sp³-hybridized carbons (Fsp3) is 0.486. The van der Waals surface area contributed by atoms with Gasteiger partial charge >= 0.3 is 6.18 Å². The topological polar surface area (TPSA) is 157 Å². The van der Waals surface area contributed by atoms with Gasteiger partial charge in [-0.1, -0.05) is 25.0 Å². The second kappa shape index (κ2) is 21.9. The van der Waals surface area contributed by atoms with E-state index in [1.54, 1.807) is 31.3 Å². The van der Waals surface area contributed by atoms with Crippen LogP contribution in [0.4, 0.5) is 18.9 Å². The van der Waals surface area contributed by atoms with Gasteiger partial charge in [0.25, 0.3) is 5.91 Å². The summed E-state index contributed by atoms with van der Waals surface area (Å²) in [6.07, 6.45) is 0.802. The maximum Gasteiger partial charge on any atom is 0.411 e. The van der Waals surface area contributed by atoms with E-state index >= 15 is 0 Å². The first-order valence-corrected chi connectivity index (χ1v) is 16.9. The number of hydrogen-bond acceptors (Lipinski definition) is 6. The summed E-state index contributed by atoms with van der Waals surface area (Å²) >= 11 is 0. The van der Waals surface area contributed by atoms with Crippen molar-refractivity contribution in [1.82, 2.24) is 25.8 Å². The predicted molar refractivity (Wildman–Crippen MR) is 197 cm³/mol. The van der Waals surface area contributed by atoms with Crippen LogP contribution in [0.2, 0.25) is 0 Å². The van der Waals surface area contributed by atoms with Crippen LogP contribution < -0.4 is 26.0 Å². The number of carbonyl (C=O) groups is 2. The Bertz CT molecular complexity index is 1500. The Hall–Kier alpha value is -5.19. The van der Waals surface area contributed by atoms with Crippen LogP contribution in [-0.2, 0) is 16.1 Å². The van der Waals surface area contributed by atoms with Crippen molar-refractivity contribution in [3.8, 4) is 5.75 Å². The third kappa shape index (κ3) is 15.4. The number of anilines is 1. The van der Waals surface area contributed by atoms with E-state index in [-0.39, 0.29) is 30.4 Å². The number of guanidine groups is 3. The van der Waals surface area contributed by atoms with Gasteiger partial charge in [0.15, 0.2) is 5.96 Å². The average Bonchev–Trinajstić information content (AvgIpc) is 3.57. The number of ether oxygens (including phenoxy) is 2. The van der Waals surface area contributed by atoms with Crippen molar-refractivity contribution in [2.45, 2.75) is 50.9 Å². The lowest BCUT2D eigenvalue weighted by Gasteiger charge is -2.25. The van der Waals surface area contributed by atoms with Gasteiger partial charge < -0.3 is 40.5 Å². The zero-order valence-electron chi connectivity index (χ0n) is 29.9. The van der Waals surface area contributed by atoms with Gasteiger partial charge in [-0.3, -0.25) is 14.6 Å². The molecule has 1 aliphatic heterocycles. The lowest BCUT2D eigenvalue weighted by Crippen LogP contribution is -2.42. The Morgan fingerprint density at radius 1 is 1.06 bits per heavy atom. The number of hydrogen-bond donors (Lipinski definition) is 4. The van der Waals surface area contributed by atoms with Crippen molar-refractivity contribution in [1.29, 1.82) is 0 Å². The summed E-state index contributed by atoms with van der Waals surface area (Å²) in [6, 6.07) is 13.9. The van der Waals surface area contributed by atoms with Crippen LogP contribution in [0.5, 0.6) is 5.75 Å². The molecule has 0 bridgehead atoms. The van der Waals surface area contributed by atoms with Gasteiger partial charge in [0.2, 0.25) is 18.3 Å². The van der Waals surface area contributed by atoms with Crippen molar-refractivity contribution >= 4 is 42.6 Å². The number of benzene rings is 2. The summed E-state index contributed by atoms with van der Waals surface area (Å²) in [4.78, 5) is 44.3. The summed E-state index contributed by atoms with van der Waals surface area (Å²) in [5.74, 6) is 1.33. The zero-order valence-corrected chi connectivity index (χ0v) is 29.9. The molecule has 3 rings (SSSR count). The monoisotopic (exact) mass is 730 g/mol. The van der Waals surface area contributed by atoms with Crippen LogP contribution in [0.15, 0.2) is 68.5 Å². The van der Waals surface area contributed by atoms with Crippen LogP contribution in [0.3, 0.4) is 0 Å². The minimum atomic E-state index is -4.49. The number of alkyl halides is 3. The van der Waals surface area contributed by atoms with Gasteiger partial charge in [0, 0.05) is 58.1 Å². The number of halogens is 3. The zero-order chi connectivity index (χ0) is 37.8. The summed E-state index contributed by atoms with van der Waals surface area (Å²) < 4.78 is 48.4. The van der Waals surface area contributed by atoms with E-state index in [9.17, 15) is 22.8 Å². The van der Waals surface area contributed by atoms with Gasteiger partial charge in [-0.15, -0.1) is 0 Å². The van der Waals surface area contributed by atoms with E-state index in [1.807, 2.05) is 43.3 Å². The summed E-state index contributed by atoms with van der Waals surface area (Å²) in [6.45, 7) is 4.42. The van der Waals surface area contributed by atoms with Crippen molar-refractivity contribution in [2.75, 3.05) is 66.0 Å². The largest absolute Gasteiger partial charge is 0.494 e. The van der Waals surface area contributed by atoms with E-state index in [0.717, 1.165) is 50.2 Å². The Kier molecular flexibility index (Phi) is 17.4. The molecule has 1 fully saturated rings. The highest BCUT2D eigenvalue weighted by Crippen LogP contribution is 2.16. The van der Waals surface area contributed by atoms with Crippen molar-refractivity contribution in [3.63, 3.8) is 0 Å². The molecule has 0 radical (unpaired) electrons. The van der Waals surface area contributed by atoms with E-state index in [2.05, 4.69) is 52.9 Å². The molecule has 0 aromatic heterocycles. The molecule has 2 aromatic rings. The molecule has 14 nitrogen and oxygen atoms in total. The molecule has 0 spiro atoms. The fourth-order valence-corrected chi connectivity index (χ4v) is 5.19. The number of unbranched alkanes of at least 4 members (excludes halogenated alkanes) is 3. The van der Waals surface area contributed by atoms with Crippen LogP contribution in [0.1, 0.15) is 48.0 Å². The van der Waals surface area contributed by atoms with Gasteiger partial charge in [-0.2, -0.15) is 18.2 Å². The molecule has 2 amide bonds. The van der Waals surface area contributed by atoms with E-state index < -0.39 is 19.5 Å². The average molecular weight is 731 g/mol. The van der Waals surface area contributed by atoms with Crippen LogP contribution in [0, 0.1) is 0 Å². The first-order valence-electron chi connectivity index (χ1n) is 16.9. The molecule has 1 aliphatic rings. The number of rotatable bonds is 17. The first-order chi connectivity index (χ1) is 25.0. The van der Waals surface area contributed by atoms with E-state index in [4.69, 9.17) is 9.47 Å². The van der Waals surface area contributed by atoms with Gasteiger partial charge in [-0.05, 0) is 67.9 Å². The SMILES string of the molecule is C=N/C(=N\C(=NCc1ccc(OCCCCCCNC=O)cc1)NCOCC(F)(F)F)Nc1ccc(C(=O)NC2CCN(C(=NC)N(C)C)C2)cc1. The number of nitrogens with zero attached hydrogens (tertiary/aromatic N) is 6. The highest BCUT2D eigenvalue weighted by atomic mass is 19.4. The Morgan fingerprint density at radius 3 is 2.44 bits per heavy atom. The lowest BCUT2D eigenvalue weighted by molar-refractivity contribution is -0.174. The molecule has 1 unspecified atom stereocenters. The minimum absolute atomic E-state index is 0.0170. The number of aliphatic imine (C=N–C) groups is 4. The fourth-order valence-electron chi connectivity index (χ4n) is 5.19. The van der Waals surface area contributed by atoms with Crippen LogP contribution >= 0.6 is 0 Å². The molecule has 284 valence electrons. The van der Waals surface area contributed by atoms with Gasteiger partial charge in [0.05, 0.1) is 13.2 Å². The van der Waals surface area contributed by atoms with Crippen LogP contribution in [-0.4, -0.2) is 120 Å². The highest BCUT2D eigenvalue weighted by Gasteiger charge is 2.28. The second-order valence-corrected chi connectivity index (χ2v) is 12.0. The third-order valence-electron chi connectivity index (χ3n) is 7.67. The maximum absolute atomic E-state index is 13.0. The predicted octanol–water partition coefficient (Wildman–Crippen LogP) is 3.87. The van der Waals surface area contributed by atoms with E-state index in [0.29, 0.717) is 43.1 Å². The van der Waals surface area contributed by atoms with Crippen molar-refractivity contribution < 1.29 is 32.2 Å². The van der Waals surface area contributed by atoms with Gasteiger partial charge in [0.1, 0.15) is 19.1 Å². The molecule has 1 heterocycles. The molecule has 0 saturated carbocycles. The number of likely N-dealkylation sites (tertiary alicyclic amines) is 1. The lowest BCUT2D eigenvalue weighted by atomic mass is 10.1. The molecule has 52 heavy (non-hydrogen) atoms. The Balaban J connectivity index is 1.59. The molecule has 17 heteroatoms. The standard InChI is InChI=1S/C35H49F3N10O4/c1-39-32(45-28-13-11-27(12-14-28)31(50)44-29-17-19-48(22-29)34(40-2)47(3)4)46-33(43-25-51-23-35(36,37)38)42-21-26-9-15-30(16-10-26)52-20-8-6-5-7-18-41-24-49/h9-16,24,29H,1,5-8,17-23,25H2,2-4H3,(H,41,49)(H,44,50)(H2,42,43,45,46). The Labute approximate surface area is 302 Å². The van der Waals surface area contributed by atoms with Crippen molar-refractivity contribution in [2.24, 2.45) is 20.0 Å². The highest BCUT2D eigenvalue weighted by molar-refractivity contribution is 6.04. The molecule has 4 N–H and O–H groups in total. The summed E-state index contributed by atoms with van der Waals surface area (Å²) in [5, 5.41) is 11.4. The molecular weight excluding hydrogens is 681 g/mol. The minimum Gasteiger partial charge on any atom is -0.494 e. The molecule has 1 saturated heterocycles. The van der Waals surface area contributed by atoms with Crippen LogP contribution in [0.25, 0.3) is 0 Å². The molecule has 0 aliphatic carbocycles. The summed E-state index contributed by atoms with van der Waals surface area (Å²) in [5.41, 5.74) is 1.81. The van der Waals surface area contributed by atoms with E-state index in [1.165, 1.54) is 0 Å². The molecule has 2 aromatic carbocycles. The first kappa shape index (κ1) is 41.2. The number of carbonyl (C=O) groups excluding carboxylic acids is 2. The smallest absolute Gasteiger partial charge is 0.411 e. The second-order valence-electron chi connectivity index (χ2n) is 12.0. The Morgan fingerprint density at radius 2 is 1.79 bits per heavy atom. The molecule has 1 atom stereocenters. The third-order valence-corrected chi connectivity index (χ3v) is 7.67.